The minimum Gasteiger partial charge on any atom is -0.490 e. The second-order valence-electron chi connectivity index (χ2n) is 4.64. The average molecular weight is 268 g/mol. The molecule has 0 saturated heterocycles. The van der Waals surface area contributed by atoms with Gasteiger partial charge in [0.25, 0.3) is 5.91 Å². The molecule has 0 unspecified atom stereocenters. The summed E-state index contributed by atoms with van der Waals surface area (Å²) in [5.41, 5.74) is -0.754. The van der Waals surface area contributed by atoms with Crippen molar-refractivity contribution < 1.29 is 19.6 Å². The highest BCUT2D eigenvalue weighted by Gasteiger charge is 2.22. The summed E-state index contributed by atoms with van der Waals surface area (Å²) in [7, 11) is 1.29. The number of ether oxygens (including phenoxy) is 1. The van der Waals surface area contributed by atoms with Crippen molar-refractivity contribution in [3.05, 3.63) is 33.9 Å². The number of aliphatic hydroxyl groups is 1. The lowest BCUT2D eigenvalue weighted by molar-refractivity contribution is -0.385. The van der Waals surface area contributed by atoms with Crippen molar-refractivity contribution in [3.63, 3.8) is 0 Å². The van der Waals surface area contributed by atoms with E-state index >= 15 is 0 Å². The molecule has 0 fully saturated rings. The van der Waals surface area contributed by atoms with Crippen LogP contribution < -0.4 is 10.1 Å². The molecule has 0 atom stereocenters. The summed E-state index contributed by atoms with van der Waals surface area (Å²) in [5, 5.41) is 22.4. The number of hydrogen-bond donors (Lipinski definition) is 2. The summed E-state index contributed by atoms with van der Waals surface area (Å²) in [6.45, 7) is 3.10. The van der Waals surface area contributed by atoms with Gasteiger partial charge in [-0.25, -0.2) is 0 Å². The van der Waals surface area contributed by atoms with Gasteiger partial charge in [-0.1, -0.05) is 0 Å². The zero-order valence-electron chi connectivity index (χ0n) is 11.0. The van der Waals surface area contributed by atoms with E-state index in [9.17, 15) is 14.9 Å². The first-order chi connectivity index (χ1) is 8.80. The van der Waals surface area contributed by atoms with E-state index in [1.807, 2.05) is 0 Å². The highest BCUT2D eigenvalue weighted by Crippen LogP contribution is 2.27. The van der Waals surface area contributed by atoms with Gasteiger partial charge in [0, 0.05) is 17.7 Å². The molecule has 0 spiro atoms. The predicted octanol–water partition coefficient (Wildman–Crippen LogP) is 1.10. The Kier molecular flexibility index (Phi) is 4.44. The fraction of sp³-hybridized carbons (Fsp3) is 0.417. The number of aliphatic hydroxyl groups excluding tert-OH is 1. The molecule has 1 aromatic carbocycles. The summed E-state index contributed by atoms with van der Waals surface area (Å²) in [6, 6.07) is 3.84. The number of carbonyl (C=O) groups is 1. The van der Waals surface area contributed by atoms with Crippen molar-refractivity contribution in [2.45, 2.75) is 19.4 Å². The molecule has 0 aromatic heterocycles. The highest BCUT2D eigenvalue weighted by atomic mass is 16.6. The van der Waals surface area contributed by atoms with Crippen LogP contribution in [-0.2, 0) is 0 Å². The van der Waals surface area contributed by atoms with Crippen LogP contribution >= 0.6 is 0 Å². The highest BCUT2D eigenvalue weighted by molar-refractivity contribution is 5.95. The molecule has 0 aliphatic rings. The van der Waals surface area contributed by atoms with Crippen LogP contribution in [0.4, 0.5) is 5.69 Å². The maximum absolute atomic E-state index is 11.9. The van der Waals surface area contributed by atoms with Crippen LogP contribution in [-0.4, -0.2) is 35.2 Å². The Morgan fingerprint density at radius 1 is 1.53 bits per heavy atom. The van der Waals surface area contributed by atoms with Crippen LogP contribution in [0.15, 0.2) is 18.2 Å². The molecule has 7 nitrogen and oxygen atoms in total. The standard InChI is InChI=1S/C12H16N2O5/c1-12(2,7-15)13-11(16)8-4-5-9(14(17)18)10(6-8)19-3/h4-6,15H,7H2,1-3H3,(H,13,16). The number of nitro benzene ring substituents is 1. The topological polar surface area (TPSA) is 102 Å². The Hall–Kier alpha value is -2.15. The van der Waals surface area contributed by atoms with Crippen molar-refractivity contribution in [1.29, 1.82) is 0 Å². The van der Waals surface area contributed by atoms with Crippen LogP contribution in [0.2, 0.25) is 0 Å². The van der Waals surface area contributed by atoms with E-state index in [0.717, 1.165) is 0 Å². The maximum atomic E-state index is 11.9. The Morgan fingerprint density at radius 3 is 2.63 bits per heavy atom. The Balaban J connectivity index is 3.03. The molecular formula is C12H16N2O5. The number of nitrogens with zero attached hydrogens (tertiary/aromatic N) is 1. The van der Waals surface area contributed by atoms with Crippen LogP contribution in [0.25, 0.3) is 0 Å². The molecule has 0 bridgehead atoms. The number of methoxy groups -OCH3 is 1. The molecule has 1 amide bonds. The second kappa shape index (κ2) is 5.66. The van der Waals surface area contributed by atoms with E-state index in [-0.39, 0.29) is 23.6 Å². The van der Waals surface area contributed by atoms with Gasteiger partial charge >= 0.3 is 5.69 Å². The van der Waals surface area contributed by atoms with Crippen LogP contribution in [0.5, 0.6) is 5.75 Å². The van der Waals surface area contributed by atoms with E-state index in [0.29, 0.717) is 0 Å². The Labute approximate surface area is 110 Å². The van der Waals surface area contributed by atoms with Gasteiger partial charge in [-0.05, 0) is 19.9 Å². The van der Waals surface area contributed by atoms with Gasteiger partial charge in [-0.3, -0.25) is 14.9 Å². The quantitative estimate of drug-likeness (QED) is 0.615. The molecule has 19 heavy (non-hydrogen) atoms. The molecule has 7 heteroatoms. The molecule has 1 aromatic rings. The number of hydrogen-bond acceptors (Lipinski definition) is 5. The van der Waals surface area contributed by atoms with Crippen LogP contribution in [0.3, 0.4) is 0 Å². The van der Waals surface area contributed by atoms with Gasteiger partial charge in [0.05, 0.1) is 24.2 Å². The Morgan fingerprint density at radius 2 is 2.16 bits per heavy atom. The van der Waals surface area contributed by atoms with E-state index in [1.54, 1.807) is 13.8 Å². The lowest BCUT2D eigenvalue weighted by Crippen LogP contribution is -2.46. The van der Waals surface area contributed by atoms with Gasteiger partial charge in [-0.2, -0.15) is 0 Å². The first-order valence-electron chi connectivity index (χ1n) is 5.56. The van der Waals surface area contributed by atoms with E-state index < -0.39 is 16.4 Å². The molecule has 0 saturated carbocycles. The van der Waals surface area contributed by atoms with E-state index in [2.05, 4.69) is 5.32 Å². The molecule has 0 radical (unpaired) electrons. The molecule has 0 aliphatic heterocycles. The van der Waals surface area contributed by atoms with Crippen molar-refractivity contribution in [1.82, 2.24) is 5.32 Å². The number of carbonyl (C=O) groups excluding carboxylic acids is 1. The fourth-order valence-corrected chi connectivity index (χ4v) is 1.39. The average Bonchev–Trinajstić information content (AvgIpc) is 2.37. The molecule has 0 aliphatic carbocycles. The molecular weight excluding hydrogens is 252 g/mol. The predicted molar refractivity (Wildman–Crippen MR) is 68.3 cm³/mol. The summed E-state index contributed by atoms with van der Waals surface area (Å²) >= 11 is 0. The molecule has 1 rings (SSSR count). The van der Waals surface area contributed by atoms with Crippen molar-refractivity contribution in [2.24, 2.45) is 0 Å². The van der Waals surface area contributed by atoms with Gasteiger partial charge in [-0.15, -0.1) is 0 Å². The minimum atomic E-state index is -0.772. The third kappa shape index (κ3) is 3.65. The summed E-state index contributed by atoms with van der Waals surface area (Å²) < 4.78 is 4.88. The largest absolute Gasteiger partial charge is 0.490 e. The van der Waals surface area contributed by atoms with Crippen LogP contribution in [0, 0.1) is 10.1 Å². The zero-order chi connectivity index (χ0) is 14.6. The fourth-order valence-electron chi connectivity index (χ4n) is 1.39. The van der Waals surface area contributed by atoms with Gasteiger partial charge in [0.2, 0.25) is 0 Å². The third-order valence-electron chi connectivity index (χ3n) is 2.49. The first kappa shape index (κ1) is 14.9. The summed E-state index contributed by atoms with van der Waals surface area (Å²) in [4.78, 5) is 22.1. The zero-order valence-corrected chi connectivity index (χ0v) is 11.0. The van der Waals surface area contributed by atoms with Crippen molar-refractivity contribution in [2.75, 3.05) is 13.7 Å². The summed E-state index contributed by atoms with van der Waals surface area (Å²) in [5.74, 6) is -0.424. The molecule has 2 N–H and O–H groups in total. The number of rotatable bonds is 5. The SMILES string of the molecule is COc1cc(C(=O)NC(C)(C)CO)ccc1[N+](=O)[O-]. The Bertz CT molecular complexity index is 499. The lowest BCUT2D eigenvalue weighted by Gasteiger charge is -2.23. The number of benzene rings is 1. The van der Waals surface area contributed by atoms with Crippen molar-refractivity contribution in [3.8, 4) is 5.75 Å². The number of nitrogens with one attached hydrogen (secondary N) is 1. The smallest absolute Gasteiger partial charge is 0.310 e. The van der Waals surface area contributed by atoms with Gasteiger partial charge < -0.3 is 15.2 Å². The van der Waals surface area contributed by atoms with E-state index in [4.69, 9.17) is 9.84 Å². The minimum absolute atomic E-state index is 0.0134. The third-order valence-corrected chi connectivity index (χ3v) is 2.49. The van der Waals surface area contributed by atoms with Crippen LogP contribution in [0.1, 0.15) is 24.2 Å². The van der Waals surface area contributed by atoms with Gasteiger partial charge in [0.15, 0.2) is 5.75 Å². The normalized spacial score (nSPS) is 10.9. The molecule has 0 heterocycles. The molecule has 104 valence electrons. The monoisotopic (exact) mass is 268 g/mol. The number of amides is 1. The number of nitro groups is 1. The maximum Gasteiger partial charge on any atom is 0.310 e. The first-order valence-corrected chi connectivity index (χ1v) is 5.56. The second-order valence-corrected chi connectivity index (χ2v) is 4.64. The lowest BCUT2D eigenvalue weighted by atomic mass is 10.1. The van der Waals surface area contributed by atoms with Crippen molar-refractivity contribution >= 4 is 11.6 Å². The van der Waals surface area contributed by atoms with Gasteiger partial charge in [0.1, 0.15) is 0 Å². The van der Waals surface area contributed by atoms with E-state index in [1.165, 1.54) is 25.3 Å². The summed E-state index contributed by atoms with van der Waals surface area (Å²) in [6.07, 6.45) is 0.